The zero-order valence-corrected chi connectivity index (χ0v) is 13.5. The lowest BCUT2D eigenvalue weighted by Gasteiger charge is -2.37. The molecule has 1 N–H and O–H groups in total. The van der Waals surface area contributed by atoms with Crippen LogP contribution in [-0.4, -0.2) is 36.5 Å². The lowest BCUT2D eigenvalue weighted by molar-refractivity contribution is 0.279. The summed E-state index contributed by atoms with van der Waals surface area (Å²) < 4.78 is 12.0. The lowest BCUT2D eigenvalue weighted by atomic mass is 11.7. The molecule has 0 spiro atoms. The van der Waals surface area contributed by atoms with Crippen molar-refractivity contribution < 1.29 is 13.3 Å². The van der Waals surface area contributed by atoms with Gasteiger partial charge in [-0.3, -0.25) is 0 Å². The first-order valence-corrected chi connectivity index (χ1v) is 14.3. The van der Waals surface area contributed by atoms with Crippen molar-refractivity contribution in [2.24, 2.45) is 0 Å². The number of hydrogen-bond donors (Lipinski definition) is 1. The van der Waals surface area contributed by atoms with Crippen molar-refractivity contribution in [3.05, 3.63) is 0 Å². The van der Waals surface area contributed by atoms with Gasteiger partial charge >= 0.3 is 8.56 Å². The fourth-order valence-corrected chi connectivity index (χ4v) is 12.8. The van der Waals surface area contributed by atoms with Crippen LogP contribution >= 0.6 is 0 Å². The SMILES string of the molecule is C[Si](C)(C)O[Si](C)(CO)O[Si](C)(C)C. The van der Waals surface area contributed by atoms with E-state index < -0.39 is 25.2 Å². The molecule has 0 aromatic carbocycles. The Labute approximate surface area is 91.0 Å². The first-order valence-electron chi connectivity index (χ1n) is 4.99. The number of rotatable bonds is 5. The summed E-state index contributed by atoms with van der Waals surface area (Å²) in [7, 11) is -5.54. The molecule has 0 amide bonds. The van der Waals surface area contributed by atoms with Gasteiger partial charge in [0.25, 0.3) is 0 Å². The molecule has 14 heavy (non-hydrogen) atoms. The second-order valence-corrected chi connectivity index (χ2v) is 18.4. The smallest absolute Gasteiger partial charge is 0.340 e. The van der Waals surface area contributed by atoms with E-state index in [1.54, 1.807) is 0 Å². The molecule has 0 bridgehead atoms. The van der Waals surface area contributed by atoms with Crippen molar-refractivity contribution in [2.75, 3.05) is 6.23 Å². The maximum absolute atomic E-state index is 9.37. The van der Waals surface area contributed by atoms with E-state index in [1.165, 1.54) is 0 Å². The number of aliphatic hydroxyl groups is 1. The van der Waals surface area contributed by atoms with Crippen LogP contribution in [0.1, 0.15) is 0 Å². The molecule has 0 aromatic rings. The van der Waals surface area contributed by atoms with Crippen molar-refractivity contribution in [1.82, 2.24) is 0 Å². The highest BCUT2D eigenvalue weighted by Crippen LogP contribution is 2.19. The zero-order chi connectivity index (χ0) is 11.6. The molecular formula is C8H24O3Si3. The second kappa shape index (κ2) is 4.58. The molecule has 0 aromatic heterocycles. The Morgan fingerprint density at radius 1 is 0.786 bits per heavy atom. The van der Waals surface area contributed by atoms with Crippen LogP contribution in [0, 0.1) is 0 Å². The highest BCUT2D eigenvalue weighted by Gasteiger charge is 2.39. The molecule has 0 saturated carbocycles. The molecule has 0 rings (SSSR count). The summed E-state index contributed by atoms with van der Waals surface area (Å²) in [6.07, 6.45) is 0.0571. The van der Waals surface area contributed by atoms with Gasteiger partial charge in [0.05, 0.1) is 6.23 Å². The first kappa shape index (κ1) is 14.5. The third-order valence-electron chi connectivity index (χ3n) is 1.33. The van der Waals surface area contributed by atoms with Crippen molar-refractivity contribution in [2.45, 2.75) is 45.8 Å². The Kier molecular flexibility index (Phi) is 4.76. The third kappa shape index (κ3) is 6.91. The summed E-state index contributed by atoms with van der Waals surface area (Å²) in [5.74, 6) is 0. The maximum atomic E-state index is 9.37. The average Bonchev–Trinajstić information content (AvgIpc) is 1.78. The summed E-state index contributed by atoms with van der Waals surface area (Å²) >= 11 is 0. The molecule has 3 nitrogen and oxygen atoms in total. The van der Waals surface area contributed by atoms with Gasteiger partial charge in [0, 0.05) is 0 Å². The zero-order valence-electron chi connectivity index (χ0n) is 10.5. The number of aliphatic hydroxyl groups excluding tert-OH is 1. The van der Waals surface area contributed by atoms with Gasteiger partial charge in [0.15, 0.2) is 16.6 Å². The predicted molar refractivity (Wildman–Crippen MR) is 67.6 cm³/mol. The lowest BCUT2D eigenvalue weighted by Crippen LogP contribution is -2.55. The molecule has 86 valence electrons. The molecular weight excluding hydrogens is 228 g/mol. The molecule has 0 unspecified atom stereocenters. The van der Waals surface area contributed by atoms with Gasteiger partial charge < -0.3 is 13.3 Å². The summed E-state index contributed by atoms with van der Waals surface area (Å²) in [5, 5.41) is 9.37. The molecule has 0 radical (unpaired) electrons. The van der Waals surface area contributed by atoms with E-state index in [9.17, 15) is 5.11 Å². The molecule has 0 atom stereocenters. The highest BCUT2D eigenvalue weighted by molar-refractivity contribution is 6.87. The largest absolute Gasteiger partial charge is 0.435 e. The predicted octanol–water partition coefficient (Wildman–Crippen LogP) is 2.29. The van der Waals surface area contributed by atoms with Crippen molar-refractivity contribution in [1.29, 1.82) is 0 Å². The molecule has 0 aliphatic heterocycles. The molecule has 0 aliphatic carbocycles. The van der Waals surface area contributed by atoms with Crippen molar-refractivity contribution in [3.8, 4) is 0 Å². The monoisotopic (exact) mass is 252 g/mol. The molecule has 0 heterocycles. The number of hydrogen-bond acceptors (Lipinski definition) is 3. The van der Waals surface area contributed by atoms with Crippen LogP contribution in [0.4, 0.5) is 0 Å². The summed E-state index contributed by atoms with van der Waals surface area (Å²) in [6, 6.07) is 0. The Balaban J connectivity index is 4.49. The van der Waals surface area contributed by atoms with Crippen molar-refractivity contribution in [3.63, 3.8) is 0 Å². The quantitative estimate of drug-likeness (QED) is 0.763. The van der Waals surface area contributed by atoms with Crippen molar-refractivity contribution >= 4 is 25.2 Å². The van der Waals surface area contributed by atoms with Crippen LogP contribution in [0.5, 0.6) is 0 Å². The van der Waals surface area contributed by atoms with E-state index in [0.29, 0.717) is 0 Å². The van der Waals surface area contributed by atoms with Gasteiger partial charge in [-0.2, -0.15) is 0 Å². The van der Waals surface area contributed by atoms with E-state index in [-0.39, 0.29) is 6.23 Å². The Morgan fingerprint density at radius 2 is 1.07 bits per heavy atom. The normalized spacial score (nSPS) is 14.6. The Hall–Kier alpha value is 0.531. The van der Waals surface area contributed by atoms with Crippen LogP contribution in [0.2, 0.25) is 45.8 Å². The minimum absolute atomic E-state index is 0.0571. The maximum Gasteiger partial charge on any atom is 0.340 e. The third-order valence-corrected chi connectivity index (χ3v) is 10.3. The molecule has 0 aliphatic rings. The van der Waals surface area contributed by atoms with E-state index >= 15 is 0 Å². The minimum Gasteiger partial charge on any atom is -0.435 e. The standard InChI is InChI=1S/C8H24O3Si3/c1-12(2,3)10-14(7,8-9)11-13(4,5)6/h9H,8H2,1-7H3. The summed E-state index contributed by atoms with van der Waals surface area (Å²) in [5.41, 5.74) is 0. The fourth-order valence-electron chi connectivity index (χ4n) is 1.38. The van der Waals surface area contributed by atoms with E-state index in [2.05, 4.69) is 39.3 Å². The molecule has 0 fully saturated rings. The van der Waals surface area contributed by atoms with E-state index in [0.717, 1.165) is 0 Å². The van der Waals surface area contributed by atoms with Crippen LogP contribution in [-0.2, 0) is 8.23 Å². The summed E-state index contributed by atoms with van der Waals surface area (Å²) in [4.78, 5) is 0. The van der Waals surface area contributed by atoms with E-state index in [1.807, 2.05) is 6.55 Å². The van der Waals surface area contributed by atoms with Crippen LogP contribution in [0.3, 0.4) is 0 Å². The fraction of sp³-hybridized carbons (Fsp3) is 1.00. The van der Waals surface area contributed by atoms with Gasteiger partial charge in [0.2, 0.25) is 0 Å². The Morgan fingerprint density at radius 3 is 1.21 bits per heavy atom. The second-order valence-electron chi connectivity index (χ2n) is 5.72. The van der Waals surface area contributed by atoms with Crippen LogP contribution in [0.15, 0.2) is 0 Å². The molecule has 0 saturated heterocycles. The van der Waals surface area contributed by atoms with Crippen LogP contribution in [0.25, 0.3) is 0 Å². The minimum atomic E-state index is -2.32. The van der Waals surface area contributed by atoms with Gasteiger partial charge in [-0.05, 0) is 45.8 Å². The van der Waals surface area contributed by atoms with Crippen LogP contribution < -0.4 is 0 Å². The van der Waals surface area contributed by atoms with Gasteiger partial charge in [-0.15, -0.1) is 0 Å². The van der Waals surface area contributed by atoms with Gasteiger partial charge in [0.1, 0.15) is 0 Å². The topological polar surface area (TPSA) is 38.7 Å². The first-order chi connectivity index (χ1) is 5.97. The highest BCUT2D eigenvalue weighted by atomic mass is 28.5. The van der Waals surface area contributed by atoms with E-state index in [4.69, 9.17) is 8.23 Å². The summed E-state index contributed by atoms with van der Waals surface area (Å²) in [6.45, 7) is 14.7. The molecule has 6 heteroatoms. The average molecular weight is 253 g/mol. The van der Waals surface area contributed by atoms with Gasteiger partial charge in [-0.1, -0.05) is 0 Å². The Bertz CT molecular complexity index is 167. The van der Waals surface area contributed by atoms with Gasteiger partial charge in [-0.25, -0.2) is 0 Å².